The molecule has 10 heteroatoms. The van der Waals surface area contributed by atoms with Gasteiger partial charge in [-0.3, -0.25) is 14.9 Å². The molecule has 0 atom stereocenters. The van der Waals surface area contributed by atoms with Crippen LogP contribution in [0.5, 0.6) is 0 Å². The number of esters is 1. The molecular weight excluding hydrogens is 344 g/mol. The number of carbonyl (C=O) groups is 2. The molecule has 0 aliphatic heterocycles. The fraction of sp³-hybridized carbons (Fsp3) is 0.312. The highest BCUT2D eigenvalue weighted by molar-refractivity contribution is 5.95. The van der Waals surface area contributed by atoms with Gasteiger partial charge in [0.25, 0.3) is 11.6 Å². The maximum Gasteiger partial charge on any atom is 0.338 e. The molecule has 1 amide bonds. The first-order chi connectivity index (χ1) is 12.4. The molecule has 0 unspecified atom stereocenters. The van der Waals surface area contributed by atoms with Crippen molar-refractivity contribution in [1.82, 2.24) is 5.16 Å². The lowest BCUT2D eigenvalue weighted by atomic mass is 10.1. The lowest BCUT2D eigenvalue weighted by Crippen LogP contribution is -2.21. The minimum Gasteiger partial charge on any atom is -0.452 e. The summed E-state index contributed by atoms with van der Waals surface area (Å²) >= 11 is 0. The van der Waals surface area contributed by atoms with Crippen molar-refractivity contribution in [3.63, 3.8) is 0 Å². The minimum atomic E-state index is -0.836. The molecule has 136 valence electrons. The smallest absolute Gasteiger partial charge is 0.338 e. The van der Waals surface area contributed by atoms with Gasteiger partial charge in [-0.15, -0.1) is 0 Å². The molecule has 1 aliphatic carbocycles. The van der Waals surface area contributed by atoms with E-state index in [1.807, 2.05) is 0 Å². The van der Waals surface area contributed by atoms with Gasteiger partial charge in [-0.25, -0.2) is 4.79 Å². The van der Waals surface area contributed by atoms with E-state index in [0.717, 1.165) is 18.9 Å². The Kier molecular flexibility index (Phi) is 4.83. The maximum atomic E-state index is 12.0. The number of amides is 1. The number of aryl methyl sites for hydroxylation is 1. The van der Waals surface area contributed by atoms with E-state index in [2.05, 4.69) is 15.8 Å². The first-order valence-corrected chi connectivity index (χ1v) is 7.87. The molecule has 0 bridgehead atoms. The lowest BCUT2D eigenvalue weighted by molar-refractivity contribution is -0.384. The molecule has 1 saturated carbocycles. The highest BCUT2D eigenvalue weighted by Crippen LogP contribution is 2.31. The quantitative estimate of drug-likeness (QED) is 0.436. The summed E-state index contributed by atoms with van der Waals surface area (Å²) in [5, 5.41) is 20.2. The molecule has 10 nitrogen and oxygen atoms in total. The fourth-order valence-electron chi connectivity index (χ4n) is 2.20. The Morgan fingerprint density at radius 1 is 1.38 bits per heavy atom. The topological polar surface area (TPSA) is 137 Å². The molecule has 1 heterocycles. The molecule has 2 aromatic rings. The number of aromatic nitrogens is 1. The molecule has 1 aromatic carbocycles. The first-order valence-electron chi connectivity index (χ1n) is 7.87. The Labute approximate surface area is 147 Å². The Hall–Kier alpha value is -3.43. The third-order valence-electron chi connectivity index (χ3n) is 3.60. The second-order valence-electron chi connectivity index (χ2n) is 5.85. The van der Waals surface area contributed by atoms with Crippen LogP contribution in [-0.4, -0.2) is 34.6 Å². The highest BCUT2D eigenvalue weighted by Gasteiger charge is 2.26. The minimum absolute atomic E-state index is 0.0110. The zero-order chi connectivity index (χ0) is 18.7. The lowest BCUT2D eigenvalue weighted by Gasteiger charge is -2.08. The molecule has 0 saturated heterocycles. The van der Waals surface area contributed by atoms with Gasteiger partial charge in [0.15, 0.2) is 12.4 Å². The summed E-state index contributed by atoms with van der Waals surface area (Å²) in [4.78, 5) is 34.4. The maximum absolute atomic E-state index is 12.0. The Balaban J connectivity index is 1.60. The Morgan fingerprint density at radius 2 is 2.15 bits per heavy atom. The zero-order valence-electron chi connectivity index (χ0n) is 13.9. The molecule has 1 aliphatic rings. The van der Waals surface area contributed by atoms with Crippen LogP contribution in [0.25, 0.3) is 0 Å². The number of nitro groups is 1. The van der Waals surface area contributed by atoms with Crippen LogP contribution in [0.15, 0.2) is 28.8 Å². The van der Waals surface area contributed by atoms with Gasteiger partial charge in [-0.2, -0.15) is 0 Å². The standard InChI is InChI=1S/C16H16N4O6/c1-9-6-14(19-26-9)18-15(21)8-25-16(22)10-2-5-12(17-11-3-4-11)13(7-10)20(23)24/h2,5-7,11,17H,3-4,8H2,1H3,(H,18,19,21). The number of hydrogen-bond acceptors (Lipinski definition) is 8. The summed E-state index contributed by atoms with van der Waals surface area (Å²) in [6, 6.07) is 5.75. The SMILES string of the molecule is Cc1cc(NC(=O)COC(=O)c2ccc(NC3CC3)c([N+](=O)[O-])c2)no1. The summed E-state index contributed by atoms with van der Waals surface area (Å²) in [7, 11) is 0. The van der Waals surface area contributed by atoms with Gasteiger partial charge in [0.1, 0.15) is 11.4 Å². The average Bonchev–Trinajstić information content (AvgIpc) is 3.33. The first kappa shape index (κ1) is 17.4. The Bertz CT molecular complexity index is 858. The third-order valence-corrected chi connectivity index (χ3v) is 3.60. The second-order valence-corrected chi connectivity index (χ2v) is 5.85. The molecule has 1 fully saturated rings. The summed E-state index contributed by atoms with van der Waals surface area (Å²) in [6.07, 6.45) is 1.92. The van der Waals surface area contributed by atoms with Gasteiger partial charge in [0.05, 0.1) is 10.5 Å². The highest BCUT2D eigenvalue weighted by atomic mass is 16.6. The number of benzene rings is 1. The van der Waals surface area contributed by atoms with Gasteiger partial charge >= 0.3 is 5.97 Å². The number of carbonyl (C=O) groups excluding carboxylic acids is 2. The van der Waals surface area contributed by atoms with Crippen molar-refractivity contribution in [3.8, 4) is 0 Å². The van der Waals surface area contributed by atoms with Crippen LogP contribution in [0.4, 0.5) is 17.2 Å². The predicted molar refractivity (Wildman–Crippen MR) is 89.9 cm³/mol. The van der Waals surface area contributed by atoms with Crippen molar-refractivity contribution in [2.45, 2.75) is 25.8 Å². The van der Waals surface area contributed by atoms with Crippen LogP contribution in [0.2, 0.25) is 0 Å². The van der Waals surface area contributed by atoms with E-state index in [-0.39, 0.29) is 23.1 Å². The van der Waals surface area contributed by atoms with Crippen molar-refractivity contribution in [2.75, 3.05) is 17.2 Å². The molecule has 26 heavy (non-hydrogen) atoms. The summed E-state index contributed by atoms with van der Waals surface area (Å²) < 4.78 is 9.68. The van der Waals surface area contributed by atoms with Crippen molar-refractivity contribution in [1.29, 1.82) is 0 Å². The van der Waals surface area contributed by atoms with E-state index < -0.39 is 23.4 Å². The van der Waals surface area contributed by atoms with Gasteiger partial charge in [-0.1, -0.05) is 5.16 Å². The number of hydrogen-bond donors (Lipinski definition) is 2. The largest absolute Gasteiger partial charge is 0.452 e. The normalized spacial score (nSPS) is 13.1. The van der Waals surface area contributed by atoms with Crippen LogP contribution < -0.4 is 10.6 Å². The number of nitro benzene ring substituents is 1. The number of nitrogens with one attached hydrogen (secondary N) is 2. The Morgan fingerprint density at radius 3 is 2.77 bits per heavy atom. The van der Waals surface area contributed by atoms with E-state index in [0.29, 0.717) is 11.4 Å². The van der Waals surface area contributed by atoms with Crippen LogP contribution in [0, 0.1) is 17.0 Å². The number of nitrogens with zero attached hydrogens (tertiary/aromatic N) is 2. The van der Waals surface area contributed by atoms with E-state index in [1.165, 1.54) is 18.2 Å². The van der Waals surface area contributed by atoms with E-state index in [1.54, 1.807) is 6.92 Å². The van der Waals surface area contributed by atoms with Crippen LogP contribution in [-0.2, 0) is 9.53 Å². The van der Waals surface area contributed by atoms with Crippen molar-refractivity contribution in [3.05, 3.63) is 45.7 Å². The van der Waals surface area contributed by atoms with Crippen molar-refractivity contribution in [2.24, 2.45) is 0 Å². The molecule has 2 N–H and O–H groups in total. The van der Waals surface area contributed by atoms with Crippen molar-refractivity contribution >= 4 is 29.1 Å². The van der Waals surface area contributed by atoms with Gasteiger partial charge in [-0.05, 0) is 31.9 Å². The van der Waals surface area contributed by atoms with Gasteiger partial charge in [0, 0.05) is 18.2 Å². The second kappa shape index (κ2) is 7.21. The predicted octanol–water partition coefficient (Wildman–Crippen LogP) is 2.26. The summed E-state index contributed by atoms with van der Waals surface area (Å²) in [6.45, 7) is 1.11. The van der Waals surface area contributed by atoms with Crippen LogP contribution in [0.1, 0.15) is 29.0 Å². The van der Waals surface area contributed by atoms with Gasteiger partial charge in [0.2, 0.25) is 0 Å². The van der Waals surface area contributed by atoms with Crippen molar-refractivity contribution < 1.29 is 23.8 Å². The summed E-state index contributed by atoms with van der Waals surface area (Å²) in [5.74, 6) is -0.718. The third kappa shape index (κ3) is 4.35. The fourth-order valence-corrected chi connectivity index (χ4v) is 2.20. The van der Waals surface area contributed by atoms with Crippen LogP contribution in [0.3, 0.4) is 0 Å². The van der Waals surface area contributed by atoms with Crippen LogP contribution >= 0.6 is 0 Å². The monoisotopic (exact) mass is 360 g/mol. The molecule has 0 spiro atoms. The zero-order valence-corrected chi connectivity index (χ0v) is 13.9. The van der Waals surface area contributed by atoms with Gasteiger partial charge < -0.3 is 19.9 Å². The van der Waals surface area contributed by atoms with E-state index in [4.69, 9.17) is 9.26 Å². The molecule has 3 rings (SSSR count). The molecular formula is C16H16N4O6. The van der Waals surface area contributed by atoms with E-state index in [9.17, 15) is 19.7 Å². The summed E-state index contributed by atoms with van der Waals surface area (Å²) in [5.41, 5.74) is 0.130. The van der Waals surface area contributed by atoms with E-state index >= 15 is 0 Å². The average molecular weight is 360 g/mol. The number of ether oxygens (including phenoxy) is 1. The number of anilines is 2. The molecule has 0 radical (unpaired) electrons. The number of rotatable bonds is 7. The molecule has 1 aromatic heterocycles.